The monoisotopic (exact) mass is 163 g/mol. The third-order valence-electron chi connectivity index (χ3n) is 1.20. The molecule has 1 amide bonds. The maximum Gasteiger partial charge on any atom is 0.250 e. The Hall–Kier alpha value is -0.380. The second-order valence-corrected chi connectivity index (χ2v) is 4.84. The molecule has 0 radical (unpaired) electrons. The summed E-state index contributed by atoms with van der Waals surface area (Å²) in [7, 11) is -2.19. The molecule has 0 fully saturated rings. The number of carbonyl (C=O) groups excluding carboxylic acids is 1. The van der Waals surface area contributed by atoms with Crippen molar-refractivity contribution in [2.45, 2.75) is 20.8 Å². The SMILES string of the molecule is CCS(=O)(CC)=NC(C)=O. The van der Waals surface area contributed by atoms with Crippen LogP contribution < -0.4 is 0 Å². The Balaban J connectivity index is 4.65. The standard InChI is InChI=1S/C6H13NO2S/c1-4-10(9,5-2)7-6(3)8/h4-5H2,1-3H3. The van der Waals surface area contributed by atoms with Crippen molar-refractivity contribution in [3.05, 3.63) is 0 Å². The van der Waals surface area contributed by atoms with E-state index in [1.165, 1.54) is 6.92 Å². The highest BCUT2D eigenvalue weighted by Crippen LogP contribution is 1.95. The van der Waals surface area contributed by atoms with Crippen LogP contribution in [0.2, 0.25) is 0 Å². The Labute approximate surface area is 62.0 Å². The average Bonchev–Trinajstić information content (AvgIpc) is 1.87. The van der Waals surface area contributed by atoms with Crippen molar-refractivity contribution in [1.29, 1.82) is 0 Å². The minimum absolute atomic E-state index is 0.339. The smallest absolute Gasteiger partial charge is 0.250 e. The first kappa shape index (κ1) is 9.62. The van der Waals surface area contributed by atoms with Crippen LogP contribution in [0.5, 0.6) is 0 Å². The molecule has 0 aromatic heterocycles. The highest BCUT2D eigenvalue weighted by atomic mass is 32.2. The topological polar surface area (TPSA) is 46.5 Å². The van der Waals surface area contributed by atoms with Gasteiger partial charge in [-0.2, -0.15) is 4.36 Å². The van der Waals surface area contributed by atoms with E-state index in [0.29, 0.717) is 11.5 Å². The van der Waals surface area contributed by atoms with Gasteiger partial charge in [0.05, 0.1) is 9.73 Å². The summed E-state index contributed by atoms with van der Waals surface area (Å²) in [5.41, 5.74) is 0. The van der Waals surface area contributed by atoms with E-state index in [1.54, 1.807) is 13.8 Å². The van der Waals surface area contributed by atoms with Crippen molar-refractivity contribution in [2.75, 3.05) is 11.5 Å². The molecule has 0 bridgehead atoms. The fourth-order valence-electron chi connectivity index (χ4n) is 0.568. The van der Waals surface area contributed by atoms with Gasteiger partial charge >= 0.3 is 0 Å². The molecule has 0 aromatic carbocycles. The second kappa shape index (κ2) is 3.71. The van der Waals surface area contributed by atoms with Crippen LogP contribution >= 0.6 is 0 Å². The molecule has 0 N–H and O–H groups in total. The lowest BCUT2D eigenvalue weighted by Gasteiger charge is -1.99. The quantitative estimate of drug-likeness (QED) is 0.610. The van der Waals surface area contributed by atoms with Gasteiger partial charge in [-0.1, -0.05) is 13.8 Å². The van der Waals surface area contributed by atoms with Crippen molar-refractivity contribution in [3.8, 4) is 0 Å². The number of hydrogen-bond acceptors (Lipinski definition) is 2. The van der Waals surface area contributed by atoms with E-state index in [1.807, 2.05) is 0 Å². The summed E-state index contributed by atoms with van der Waals surface area (Å²) >= 11 is 0. The molecule has 0 aromatic rings. The van der Waals surface area contributed by atoms with E-state index < -0.39 is 9.73 Å². The lowest BCUT2D eigenvalue weighted by atomic mass is 10.8. The molecule has 4 heteroatoms. The maximum absolute atomic E-state index is 11.3. The zero-order valence-corrected chi connectivity index (χ0v) is 7.40. The van der Waals surface area contributed by atoms with Gasteiger partial charge in [-0.25, -0.2) is 4.21 Å². The van der Waals surface area contributed by atoms with Crippen molar-refractivity contribution in [1.82, 2.24) is 0 Å². The van der Waals surface area contributed by atoms with Crippen molar-refractivity contribution >= 4 is 15.6 Å². The molecule has 0 aliphatic carbocycles. The maximum atomic E-state index is 11.3. The summed E-state index contributed by atoms with van der Waals surface area (Å²) in [5.74, 6) is 0.584. The molecule has 0 saturated heterocycles. The zero-order chi connectivity index (χ0) is 8.20. The molecule has 0 rings (SSSR count). The third-order valence-corrected chi connectivity index (χ3v) is 3.59. The van der Waals surface area contributed by atoms with Crippen LogP contribution in [0, 0.1) is 0 Å². The predicted molar refractivity (Wildman–Crippen MR) is 42.3 cm³/mol. The van der Waals surface area contributed by atoms with E-state index in [-0.39, 0.29) is 5.91 Å². The van der Waals surface area contributed by atoms with Crippen LogP contribution in [-0.4, -0.2) is 21.6 Å². The molecule has 10 heavy (non-hydrogen) atoms. The van der Waals surface area contributed by atoms with Gasteiger partial charge < -0.3 is 0 Å². The molecule has 3 nitrogen and oxygen atoms in total. The Morgan fingerprint density at radius 3 is 1.90 bits per heavy atom. The summed E-state index contributed by atoms with van der Waals surface area (Å²) in [5, 5.41) is 0. The number of amides is 1. The number of hydrogen-bond donors (Lipinski definition) is 0. The van der Waals surface area contributed by atoms with E-state index in [4.69, 9.17) is 0 Å². The Kier molecular flexibility index (Phi) is 3.57. The molecule has 0 atom stereocenters. The van der Waals surface area contributed by atoms with Crippen LogP contribution in [0.3, 0.4) is 0 Å². The highest BCUT2D eigenvalue weighted by Gasteiger charge is 2.02. The molecule has 0 saturated carbocycles. The van der Waals surface area contributed by atoms with Crippen LogP contribution in [0.1, 0.15) is 20.8 Å². The van der Waals surface area contributed by atoms with Crippen molar-refractivity contribution in [3.63, 3.8) is 0 Å². The largest absolute Gasteiger partial charge is 0.272 e. The van der Waals surface area contributed by atoms with Gasteiger partial charge in [-0.15, -0.1) is 0 Å². The molecule has 0 spiro atoms. The first-order valence-electron chi connectivity index (χ1n) is 3.27. The number of nitrogens with zero attached hydrogens (tertiary/aromatic N) is 1. The van der Waals surface area contributed by atoms with E-state index in [0.717, 1.165) is 0 Å². The number of rotatable bonds is 2. The summed E-state index contributed by atoms with van der Waals surface area (Å²) in [6.45, 7) is 4.88. The summed E-state index contributed by atoms with van der Waals surface area (Å²) < 4.78 is 14.9. The van der Waals surface area contributed by atoms with Crippen molar-refractivity contribution < 1.29 is 9.00 Å². The first-order valence-corrected chi connectivity index (χ1v) is 5.12. The Morgan fingerprint density at radius 2 is 1.80 bits per heavy atom. The van der Waals surface area contributed by atoms with Crippen LogP contribution in [0.4, 0.5) is 0 Å². The van der Waals surface area contributed by atoms with Gasteiger partial charge in [0, 0.05) is 18.4 Å². The molecule has 0 heterocycles. The summed E-state index contributed by atoms with van der Waals surface area (Å²) in [4.78, 5) is 10.4. The normalized spacial score (nSPS) is 11.1. The van der Waals surface area contributed by atoms with Gasteiger partial charge in [0.15, 0.2) is 0 Å². The lowest BCUT2D eigenvalue weighted by molar-refractivity contribution is -0.115. The number of carbonyl (C=O) groups is 1. The van der Waals surface area contributed by atoms with Gasteiger partial charge in [0.1, 0.15) is 0 Å². The van der Waals surface area contributed by atoms with Gasteiger partial charge in [0.2, 0.25) is 0 Å². The van der Waals surface area contributed by atoms with E-state index in [9.17, 15) is 9.00 Å². The molecule has 0 unspecified atom stereocenters. The highest BCUT2D eigenvalue weighted by molar-refractivity contribution is 7.93. The fourth-order valence-corrected chi connectivity index (χ4v) is 1.70. The minimum Gasteiger partial charge on any atom is -0.272 e. The van der Waals surface area contributed by atoms with Gasteiger partial charge in [0.25, 0.3) is 5.91 Å². The Bertz CT molecular complexity index is 216. The van der Waals surface area contributed by atoms with Crippen LogP contribution in [-0.2, 0) is 14.5 Å². The predicted octanol–water partition coefficient (Wildman–Crippen LogP) is 1.04. The molecule has 0 aliphatic rings. The minimum atomic E-state index is -2.19. The molecular formula is C6H13NO2S. The lowest BCUT2D eigenvalue weighted by Crippen LogP contribution is -2.07. The average molecular weight is 163 g/mol. The van der Waals surface area contributed by atoms with Gasteiger partial charge in [-0.3, -0.25) is 4.79 Å². The van der Waals surface area contributed by atoms with Crippen LogP contribution in [0.15, 0.2) is 4.36 Å². The van der Waals surface area contributed by atoms with Gasteiger partial charge in [-0.05, 0) is 0 Å². The second-order valence-electron chi connectivity index (χ2n) is 1.96. The Morgan fingerprint density at radius 1 is 1.40 bits per heavy atom. The van der Waals surface area contributed by atoms with Crippen molar-refractivity contribution in [2.24, 2.45) is 4.36 Å². The molecule has 60 valence electrons. The van der Waals surface area contributed by atoms with E-state index >= 15 is 0 Å². The fraction of sp³-hybridized carbons (Fsp3) is 0.833. The van der Waals surface area contributed by atoms with E-state index in [2.05, 4.69) is 4.36 Å². The molecular weight excluding hydrogens is 150 g/mol. The summed E-state index contributed by atoms with van der Waals surface area (Å²) in [6, 6.07) is 0. The molecule has 0 aliphatic heterocycles. The van der Waals surface area contributed by atoms with Crippen LogP contribution in [0.25, 0.3) is 0 Å². The zero-order valence-electron chi connectivity index (χ0n) is 6.59. The summed E-state index contributed by atoms with van der Waals surface area (Å²) in [6.07, 6.45) is 0. The third kappa shape index (κ3) is 2.96. The first-order chi connectivity index (χ1) is 4.54.